The summed E-state index contributed by atoms with van der Waals surface area (Å²) in [5, 5.41) is 10.3. The molecule has 0 aromatic rings. The summed E-state index contributed by atoms with van der Waals surface area (Å²) in [6.45, 7) is 2.01. The zero-order valence-corrected chi connectivity index (χ0v) is 6.41. The van der Waals surface area contributed by atoms with E-state index in [9.17, 15) is 9.90 Å². The Bertz CT molecular complexity index is 218. The van der Waals surface area contributed by atoms with Crippen molar-refractivity contribution < 1.29 is 9.90 Å². The summed E-state index contributed by atoms with van der Waals surface area (Å²) < 4.78 is 0. The van der Waals surface area contributed by atoms with E-state index in [0.717, 1.165) is 12.0 Å². The standard InChI is InChI=1S/C8H11NO2/c1-2-3-6-4-7(8(10)11)9-5-6/h3,5,7H,2,4H2,1H3,(H,10,11)/p-1/b6-3-/t7-/m0/s1. The summed E-state index contributed by atoms with van der Waals surface area (Å²) in [4.78, 5) is 14.1. The lowest BCUT2D eigenvalue weighted by molar-refractivity contribution is -0.307. The molecule has 60 valence electrons. The summed E-state index contributed by atoms with van der Waals surface area (Å²) in [5.74, 6) is -1.08. The fourth-order valence-electron chi connectivity index (χ4n) is 1.06. The smallest absolute Gasteiger partial charge is 0.0933 e. The van der Waals surface area contributed by atoms with Gasteiger partial charge in [-0.05, 0) is 12.0 Å². The van der Waals surface area contributed by atoms with Crippen LogP contribution in [-0.2, 0) is 4.79 Å². The van der Waals surface area contributed by atoms with Crippen LogP contribution in [0.4, 0.5) is 0 Å². The predicted molar refractivity (Wildman–Crippen MR) is 40.3 cm³/mol. The molecule has 0 spiro atoms. The Balaban J connectivity index is 2.56. The van der Waals surface area contributed by atoms with E-state index in [4.69, 9.17) is 0 Å². The molecule has 3 nitrogen and oxygen atoms in total. The predicted octanol–water partition coefficient (Wildman–Crippen LogP) is -0.0842. The Labute approximate surface area is 65.4 Å². The first-order chi connectivity index (χ1) is 5.24. The maximum Gasteiger partial charge on any atom is 0.0933 e. The van der Waals surface area contributed by atoms with Gasteiger partial charge >= 0.3 is 0 Å². The van der Waals surface area contributed by atoms with Gasteiger partial charge < -0.3 is 9.90 Å². The van der Waals surface area contributed by atoms with E-state index in [0.29, 0.717) is 6.42 Å². The number of rotatable bonds is 2. The molecule has 0 N–H and O–H groups in total. The van der Waals surface area contributed by atoms with Gasteiger partial charge in [-0.25, -0.2) is 0 Å². The highest BCUT2D eigenvalue weighted by Crippen LogP contribution is 2.13. The quantitative estimate of drug-likeness (QED) is 0.555. The number of hydrogen-bond acceptors (Lipinski definition) is 3. The highest BCUT2D eigenvalue weighted by Gasteiger charge is 2.14. The monoisotopic (exact) mass is 152 g/mol. The maximum atomic E-state index is 10.3. The van der Waals surface area contributed by atoms with Gasteiger partial charge in [-0.1, -0.05) is 13.0 Å². The third kappa shape index (κ3) is 1.90. The van der Waals surface area contributed by atoms with Crippen molar-refractivity contribution in [1.82, 2.24) is 0 Å². The van der Waals surface area contributed by atoms with Crippen LogP contribution in [0.15, 0.2) is 16.6 Å². The average Bonchev–Trinajstić information content (AvgIpc) is 2.37. The Morgan fingerprint density at radius 3 is 3.18 bits per heavy atom. The lowest BCUT2D eigenvalue weighted by atomic mass is 10.1. The van der Waals surface area contributed by atoms with Gasteiger partial charge in [-0.15, -0.1) is 0 Å². The summed E-state index contributed by atoms with van der Waals surface area (Å²) >= 11 is 0. The topological polar surface area (TPSA) is 52.5 Å². The van der Waals surface area contributed by atoms with E-state index in [1.54, 1.807) is 6.21 Å². The minimum Gasteiger partial charge on any atom is -0.548 e. The largest absolute Gasteiger partial charge is 0.548 e. The molecule has 1 aliphatic rings. The number of aliphatic carboxylic acids is 1. The van der Waals surface area contributed by atoms with Crippen molar-refractivity contribution in [1.29, 1.82) is 0 Å². The van der Waals surface area contributed by atoms with Gasteiger partial charge in [0.15, 0.2) is 0 Å². The summed E-state index contributed by atoms with van der Waals surface area (Å²) in [5.41, 5.74) is 1.00. The highest BCUT2D eigenvalue weighted by molar-refractivity contribution is 5.87. The lowest BCUT2D eigenvalue weighted by Gasteiger charge is -2.05. The van der Waals surface area contributed by atoms with Crippen LogP contribution >= 0.6 is 0 Å². The van der Waals surface area contributed by atoms with Gasteiger partial charge in [0.25, 0.3) is 0 Å². The normalized spacial score (nSPS) is 26.3. The van der Waals surface area contributed by atoms with Crippen molar-refractivity contribution in [3.05, 3.63) is 11.6 Å². The van der Waals surface area contributed by atoms with Gasteiger partial charge in [0.05, 0.1) is 12.0 Å². The number of carbonyl (C=O) groups excluding carboxylic acids is 1. The number of carboxylic acids is 1. The molecule has 1 rings (SSSR count). The third-order valence-corrected chi connectivity index (χ3v) is 1.59. The fourth-order valence-corrected chi connectivity index (χ4v) is 1.06. The van der Waals surface area contributed by atoms with E-state index < -0.39 is 12.0 Å². The second-order valence-corrected chi connectivity index (χ2v) is 2.50. The SMILES string of the molecule is CC/C=C1\C=N[C@H](C(=O)[O-])C1. The van der Waals surface area contributed by atoms with Gasteiger partial charge in [0.2, 0.25) is 0 Å². The van der Waals surface area contributed by atoms with Gasteiger partial charge in [0, 0.05) is 12.6 Å². The summed E-state index contributed by atoms with van der Waals surface area (Å²) in [6, 6.07) is -0.646. The molecule has 11 heavy (non-hydrogen) atoms. The highest BCUT2D eigenvalue weighted by atomic mass is 16.4. The Hall–Kier alpha value is -1.12. The second-order valence-electron chi connectivity index (χ2n) is 2.50. The number of allylic oxidation sites excluding steroid dienone is 1. The number of aliphatic imine (C=N–C) groups is 1. The number of carboxylic acid groups (broad SMARTS) is 1. The van der Waals surface area contributed by atoms with E-state index in [1.807, 2.05) is 13.0 Å². The van der Waals surface area contributed by atoms with Gasteiger partial charge in [-0.2, -0.15) is 0 Å². The van der Waals surface area contributed by atoms with Crippen LogP contribution in [0.25, 0.3) is 0 Å². The van der Waals surface area contributed by atoms with E-state index in [1.165, 1.54) is 0 Å². The summed E-state index contributed by atoms with van der Waals surface area (Å²) in [6.07, 6.45) is 5.01. The van der Waals surface area contributed by atoms with Crippen molar-refractivity contribution >= 4 is 12.2 Å². The van der Waals surface area contributed by atoms with Crippen molar-refractivity contribution in [3.8, 4) is 0 Å². The number of carbonyl (C=O) groups is 1. The second kappa shape index (κ2) is 3.32. The van der Waals surface area contributed by atoms with Crippen molar-refractivity contribution in [2.24, 2.45) is 4.99 Å². The van der Waals surface area contributed by atoms with E-state index >= 15 is 0 Å². The minimum absolute atomic E-state index is 0.496. The first kappa shape index (κ1) is 7.98. The molecule has 1 atom stereocenters. The van der Waals surface area contributed by atoms with Crippen molar-refractivity contribution in [2.75, 3.05) is 0 Å². The molecule has 0 fully saturated rings. The van der Waals surface area contributed by atoms with E-state index in [-0.39, 0.29) is 0 Å². The zero-order valence-electron chi connectivity index (χ0n) is 6.41. The van der Waals surface area contributed by atoms with Crippen molar-refractivity contribution in [2.45, 2.75) is 25.8 Å². The molecule has 0 radical (unpaired) electrons. The minimum atomic E-state index is -1.08. The van der Waals surface area contributed by atoms with Crippen LogP contribution in [0.2, 0.25) is 0 Å². The van der Waals surface area contributed by atoms with Crippen LogP contribution in [0, 0.1) is 0 Å². The molecule has 0 aromatic carbocycles. The maximum absolute atomic E-state index is 10.3. The average molecular weight is 152 g/mol. The number of hydrogen-bond donors (Lipinski definition) is 0. The van der Waals surface area contributed by atoms with E-state index in [2.05, 4.69) is 4.99 Å². The molecule has 0 amide bonds. The van der Waals surface area contributed by atoms with Crippen LogP contribution < -0.4 is 5.11 Å². The first-order valence-corrected chi connectivity index (χ1v) is 3.67. The Morgan fingerprint density at radius 1 is 2.00 bits per heavy atom. The zero-order chi connectivity index (χ0) is 8.27. The van der Waals surface area contributed by atoms with Crippen LogP contribution in [-0.4, -0.2) is 18.2 Å². The number of nitrogens with zero attached hydrogens (tertiary/aromatic N) is 1. The molecule has 3 heteroatoms. The summed E-state index contributed by atoms with van der Waals surface area (Å²) in [7, 11) is 0. The Morgan fingerprint density at radius 2 is 2.73 bits per heavy atom. The van der Waals surface area contributed by atoms with Crippen LogP contribution in [0.1, 0.15) is 19.8 Å². The molecule has 0 aliphatic carbocycles. The molecule has 1 aliphatic heterocycles. The molecule has 0 unspecified atom stereocenters. The fraction of sp³-hybridized carbons (Fsp3) is 0.500. The third-order valence-electron chi connectivity index (χ3n) is 1.59. The molecular formula is C8H10NO2-. The first-order valence-electron chi connectivity index (χ1n) is 3.67. The lowest BCUT2D eigenvalue weighted by Crippen LogP contribution is -2.32. The van der Waals surface area contributed by atoms with Crippen LogP contribution in [0.5, 0.6) is 0 Å². The van der Waals surface area contributed by atoms with Gasteiger partial charge in [0.1, 0.15) is 0 Å². The molecule has 1 heterocycles. The van der Waals surface area contributed by atoms with Gasteiger partial charge in [-0.3, -0.25) is 4.99 Å². The molecule has 0 saturated carbocycles. The van der Waals surface area contributed by atoms with Crippen LogP contribution in [0.3, 0.4) is 0 Å². The van der Waals surface area contributed by atoms with Crippen molar-refractivity contribution in [3.63, 3.8) is 0 Å². The molecule has 0 aromatic heterocycles. The Kier molecular flexibility index (Phi) is 2.41. The molecular weight excluding hydrogens is 142 g/mol. The molecule has 0 bridgehead atoms. The molecule has 0 saturated heterocycles.